The van der Waals surface area contributed by atoms with Crippen molar-refractivity contribution >= 4 is 40.2 Å². The lowest BCUT2D eigenvalue weighted by Crippen LogP contribution is -2.41. The number of hydrogen-bond donors (Lipinski definition) is 2. The van der Waals surface area contributed by atoms with Crippen molar-refractivity contribution in [3.05, 3.63) is 43.7 Å². The molecule has 3 rings (SSSR count). The van der Waals surface area contributed by atoms with Crippen molar-refractivity contribution in [2.24, 2.45) is 0 Å². The molecule has 2 aromatic rings. The van der Waals surface area contributed by atoms with Crippen molar-refractivity contribution in [2.75, 3.05) is 7.05 Å². The molecule has 2 N–H and O–H groups in total. The topological polar surface area (TPSA) is 58.6 Å². The Morgan fingerprint density at radius 1 is 1.29 bits per heavy atom. The predicted octanol–water partition coefficient (Wildman–Crippen LogP) is 3.77. The molecule has 2 heterocycles. The summed E-state index contributed by atoms with van der Waals surface area (Å²) in [6, 6.07) is 7.41. The largest absolute Gasteiger partial charge is 0.460 e. The van der Waals surface area contributed by atoms with Crippen LogP contribution < -0.4 is 5.32 Å². The van der Waals surface area contributed by atoms with E-state index in [9.17, 15) is 9.90 Å². The molecule has 0 bridgehead atoms. The van der Waals surface area contributed by atoms with Crippen LogP contribution in [0.25, 0.3) is 0 Å². The van der Waals surface area contributed by atoms with Crippen LogP contribution in [0.3, 0.4) is 0 Å². The van der Waals surface area contributed by atoms with Gasteiger partial charge in [-0.05, 0) is 56.3 Å². The predicted molar refractivity (Wildman–Crippen MR) is 97.8 cm³/mol. The molecule has 1 aliphatic carbocycles. The van der Waals surface area contributed by atoms with Crippen LogP contribution in [0.5, 0.6) is 0 Å². The van der Waals surface area contributed by atoms with Crippen molar-refractivity contribution in [3.63, 3.8) is 0 Å². The molecule has 0 saturated heterocycles. The first-order valence-electron chi connectivity index (χ1n) is 7.94. The van der Waals surface area contributed by atoms with E-state index in [1.54, 1.807) is 18.2 Å². The Morgan fingerprint density at radius 3 is 2.58 bits per heavy atom. The van der Waals surface area contributed by atoms with Crippen molar-refractivity contribution in [3.8, 4) is 0 Å². The smallest absolute Gasteiger partial charge is 0.349 e. The molecular formula is C17H20ClNO3S2. The highest BCUT2D eigenvalue weighted by Gasteiger charge is 2.45. The van der Waals surface area contributed by atoms with Crippen molar-refractivity contribution in [2.45, 2.75) is 43.4 Å². The van der Waals surface area contributed by atoms with Crippen molar-refractivity contribution < 1.29 is 14.6 Å². The molecular weight excluding hydrogens is 366 g/mol. The average Bonchev–Trinajstić information content (AvgIpc) is 3.26. The number of halogens is 1. The number of thiophene rings is 2. The van der Waals surface area contributed by atoms with Crippen LogP contribution in [0.1, 0.15) is 35.4 Å². The van der Waals surface area contributed by atoms with Gasteiger partial charge in [0.25, 0.3) is 0 Å². The van der Waals surface area contributed by atoms with Gasteiger partial charge in [-0.1, -0.05) is 17.7 Å². The Labute approximate surface area is 154 Å². The summed E-state index contributed by atoms with van der Waals surface area (Å²) in [6.45, 7) is 0. The Kier molecular flexibility index (Phi) is 5.62. The van der Waals surface area contributed by atoms with E-state index in [2.05, 4.69) is 5.32 Å². The molecule has 0 aromatic carbocycles. The van der Waals surface area contributed by atoms with E-state index in [1.807, 2.05) is 18.5 Å². The van der Waals surface area contributed by atoms with Crippen LogP contribution in [0.15, 0.2) is 29.6 Å². The van der Waals surface area contributed by atoms with Gasteiger partial charge in [0.2, 0.25) is 5.60 Å². The van der Waals surface area contributed by atoms with Gasteiger partial charge in [-0.15, -0.1) is 22.7 Å². The molecule has 24 heavy (non-hydrogen) atoms. The third kappa shape index (κ3) is 3.53. The second-order valence-corrected chi connectivity index (χ2v) is 8.62. The third-order valence-electron chi connectivity index (χ3n) is 4.46. The van der Waals surface area contributed by atoms with Gasteiger partial charge in [0.05, 0.1) is 14.1 Å². The number of rotatable bonds is 5. The second kappa shape index (κ2) is 7.54. The van der Waals surface area contributed by atoms with Crippen LogP contribution in [0, 0.1) is 0 Å². The van der Waals surface area contributed by atoms with E-state index in [1.165, 1.54) is 22.7 Å². The zero-order valence-corrected chi connectivity index (χ0v) is 15.7. The summed E-state index contributed by atoms with van der Waals surface area (Å²) in [6.07, 6.45) is 3.41. The standard InChI is InChI=1S/C17H20ClNO3S2/c1-19-11-4-6-12(7-5-11)22-16(20)17(21,13-3-2-10-23-13)14-8-9-15(18)24-14/h2-3,8-12,19,21H,4-7H2,1H3/t11-,12-,17-/m0/s1. The average molecular weight is 386 g/mol. The minimum absolute atomic E-state index is 0.149. The fraction of sp³-hybridized carbons (Fsp3) is 0.471. The molecule has 0 aliphatic heterocycles. The highest BCUT2D eigenvalue weighted by molar-refractivity contribution is 7.16. The maximum absolute atomic E-state index is 12.9. The summed E-state index contributed by atoms with van der Waals surface area (Å²) >= 11 is 8.54. The van der Waals surface area contributed by atoms with E-state index < -0.39 is 11.6 Å². The maximum atomic E-state index is 12.9. The molecule has 0 radical (unpaired) electrons. The molecule has 4 nitrogen and oxygen atoms in total. The SMILES string of the molecule is CN[C@H]1CC[C@H](OC(=O)[C@](O)(c2cccs2)c2ccc(Cl)s2)CC1. The number of carbonyl (C=O) groups is 1. The first-order chi connectivity index (χ1) is 11.5. The second-order valence-electron chi connectivity index (χ2n) is 5.96. The number of esters is 1. The summed E-state index contributed by atoms with van der Waals surface area (Å²) < 4.78 is 6.22. The highest BCUT2D eigenvalue weighted by Crippen LogP contribution is 2.40. The summed E-state index contributed by atoms with van der Waals surface area (Å²) in [5.41, 5.74) is -1.79. The summed E-state index contributed by atoms with van der Waals surface area (Å²) in [5.74, 6) is -0.614. The third-order valence-corrected chi connectivity index (χ3v) is 6.78. The van der Waals surface area contributed by atoms with Crippen LogP contribution in [0.2, 0.25) is 4.34 Å². The Hall–Kier alpha value is -0.920. The molecule has 1 aliphatic rings. The lowest BCUT2D eigenvalue weighted by Gasteiger charge is -2.31. The van der Waals surface area contributed by atoms with Crippen LogP contribution in [-0.4, -0.2) is 30.3 Å². The number of nitrogens with one attached hydrogen (secondary N) is 1. The monoisotopic (exact) mass is 385 g/mol. The summed E-state index contributed by atoms with van der Waals surface area (Å²) in [4.78, 5) is 13.9. The molecule has 0 amide bonds. The molecule has 1 atom stereocenters. The summed E-state index contributed by atoms with van der Waals surface area (Å²) in [5, 5.41) is 16.3. The van der Waals surface area contributed by atoms with Gasteiger partial charge in [-0.3, -0.25) is 0 Å². The van der Waals surface area contributed by atoms with Crippen LogP contribution in [0.4, 0.5) is 0 Å². The van der Waals surface area contributed by atoms with Gasteiger partial charge >= 0.3 is 5.97 Å². The lowest BCUT2D eigenvalue weighted by atomic mass is 9.92. The van der Waals surface area contributed by atoms with Gasteiger partial charge in [0, 0.05) is 6.04 Å². The van der Waals surface area contributed by atoms with Crippen LogP contribution >= 0.6 is 34.3 Å². The minimum Gasteiger partial charge on any atom is -0.460 e. The molecule has 130 valence electrons. The number of carbonyl (C=O) groups excluding carboxylic acids is 1. The maximum Gasteiger partial charge on any atom is 0.349 e. The van der Waals surface area contributed by atoms with Crippen LogP contribution in [-0.2, 0) is 15.1 Å². The Morgan fingerprint density at radius 2 is 2.04 bits per heavy atom. The zero-order chi connectivity index (χ0) is 17.2. The zero-order valence-electron chi connectivity index (χ0n) is 13.3. The molecule has 0 unspecified atom stereocenters. The van der Waals surface area contributed by atoms with Crippen molar-refractivity contribution in [1.29, 1.82) is 0 Å². The fourth-order valence-electron chi connectivity index (χ4n) is 3.02. The van der Waals surface area contributed by atoms with Crippen molar-refractivity contribution in [1.82, 2.24) is 5.32 Å². The first-order valence-corrected chi connectivity index (χ1v) is 10.0. The number of ether oxygens (including phenoxy) is 1. The quantitative estimate of drug-likeness (QED) is 0.769. The fourth-order valence-corrected chi connectivity index (χ4v) is 5.05. The molecule has 7 heteroatoms. The number of hydrogen-bond acceptors (Lipinski definition) is 6. The van der Waals surface area contributed by atoms with E-state index in [-0.39, 0.29) is 6.10 Å². The van der Waals surface area contributed by atoms with Gasteiger partial charge in [0.15, 0.2) is 0 Å². The van der Waals surface area contributed by atoms with Gasteiger partial charge in [-0.2, -0.15) is 0 Å². The van der Waals surface area contributed by atoms with E-state index >= 15 is 0 Å². The molecule has 1 saturated carbocycles. The van der Waals surface area contributed by atoms with E-state index in [4.69, 9.17) is 16.3 Å². The highest BCUT2D eigenvalue weighted by atomic mass is 35.5. The Bertz CT molecular complexity index is 680. The molecule has 0 spiro atoms. The van der Waals surface area contributed by atoms with Gasteiger partial charge in [-0.25, -0.2) is 4.79 Å². The van der Waals surface area contributed by atoms with Gasteiger partial charge < -0.3 is 15.2 Å². The first kappa shape index (κ1) is 17.9. The van der Waals surface area contributed by atoms with E-state index in [0.29, 0.717) is 20.1 Å². The van der Waals surface area contributed by atoms with Gasteiger partial charge in [0.1, 0.15) is 6.10 Å². The normalized spacial score (nSPS) is 23.6. The number of aliphatic hydroxyl groups is 1. The minimum atomic E-state index is -1.79. The molecule has 2 aromatic heterocycles. The Balaban J connectivity index is 1.80. The molecule has 1 fully saturated rings. The van der Waals surface area contributed by atoms with E-state index in [0.717, 1.165) is 25.7 Å². The lowest BCUT2D eigenvalue weighted by molar-refractivity contribution is -0.169. The summed E-state index contributed by atoms with van der Waals surface area (Å²) in [7, 11) is 1.95.